The smallest absolute Gasteiger partial charge is 0.382 e. The van der Waals surface area contributed by atoms with E-state index < -0.39 is 17.3 Å². The van der Waals surface area contributed by atoms with E-state index in [9.17, 15) is 18.0 Å². The summed E-state index contributed by atoms with van der Waals surface area (Å²) in [5.41, 5.74) is -0.474. The summed E-state index contributed by atoms with van der Waals surface area (Å²) in [5, 5.41) is 21.0. The van der Waals surface area contributed by atoms with E-state index in [1.54, 1.807) is 18.3 Å². The number of carbonyl (C=O) groups is 1. The maximum absolute atomic E-state index is 13.2. The lowest BCUT2D eigenvalue weighted by molar-refractivity contribution is -0.137. The third-order valence-corrected chi connectivity index (χ3v) is 7.48. The Morgan fingerprint density at radius 2 is 1.82 bits per heavy atom. The number of alkyl halides is 3. The number of nitriles is 2. The van der Waals surface area contributed by atoms with Crippen LogP contribution in [-0.4, -0.2) is 59.9 Å². The third kappa shape index (κ3) is 7.09. The molecule has 2 fully saturated rings. The van der Waals surface area contributed by atoms with Crippen LogP contribution in [0.5, 0.6) is 0 Å². The molecule has 0 atom stereocenters. The standard InChI is InChI=1S/C26H27F3N6O2S/c27-26(28,29)23-13-21(3-2-19(23)15-31)33-20-4-6-22(7-5-20)37-38-17-25(36)35-11-9-34(10-12-35)24-8-1-18(14-30)16-32-24/h1-3,8,13,16,20,22,33H,4-7,9-12,17H2. The van der Waals surface area contributed by atoms with Crippen molar-refractivity contribution in [2.45, 2.75) is 44.0 Å². The first-order valence-electron chi connectivity index (χ1n) is 12.3. The number of benzene rings is 1. The summed E-state index contributed by atoms with van der Waals surface area (Å²) in [7, 11) is 0. The Labute approximate surface area is 223 Å². The van der Waals surface area contributed by atoms with Gasteiger partial charge in [0, 0.05) is 56.1 Å². The van der Waals surface area contributed by atoms with Crippen molar-refractivity contribution in [3.8, 4) is 12.1 Å². The zero-order chi connectivity index (χ0) is 27.1. The Morgan fingerprint density at radius 1 is 1.08 bits per heavy atom. The molecule has 200 valence electrons. The van der Waals surface area contributed by atoms with Gasteiger partial charge in [-0.3, -0.25) is 4.79 Å². The van der Waals surface area contributed by atoms with Crippen LogP contribution in [-0.2, 0) is 15.2 Å². The fourth-order valence-electron chi connectivity index (χ4n) is 4.60. The molecule has 2 heterocycles. The first-order chi connectivity index (χ1) is 18.3. The molecule has 0 spiro atoms. The fourth-order valence-corrected chi connectivity index (χ4v) is 5.34. The average molecular weight is 545 g/mol. The number of carbonyl (C=O) groups excluding carboxylic acids is 1. The predicted octanol–water partition coefficient (Wildman–Crippen LogP) is 4.58. The van der Waals surface area contributed by atoms with Gasteiger partial charge in [-0.1, -0.05) is 0 Å². The van der Waals surface area contributed by atoms with E-state index in [0.717, 1.165) is 49.6 Å². The lowest BCUT2D eigenvalue weighted by Gasteiger charge is -2.35. The number of hydrogen-bond donors (Lipinski definition) is 1. The summed E-state index contributed by atoms with van der Waals surface area (Å²) in [5.74, 6) is 1.02. The van der Waals surface area contributed by atoms with Crippen LogP contribution in [0.4, 0.5) is 24.7 Å². The van der Waals surface area contributed by atoms with Gasteiger partial charge in [0.2, 0.25) is 5.91 Å². The Kier molecular flexibility index (Phi) is 8.97. The zero-order valence-corrected chi connectivity index (χ0v) is 21.4. The average Bonchev–Trinajstić information content (AvgIpc) is 2.93. The maximum atomic E-state index is 13.2. The lowest BCUT2D eigenvalue weighted by Crippen LogP contribution is -2.49. The normalized spacial score (nSPS) is 19.9. The number of anilines is 2. The van der Waals surface area contributed by atoms with E-state index in [2.05, 4.69) is 15.2 Å². The monoisotopic (exact) mass is 544 g/mol. The fraction of sp³-hybridized carbons (Fsp3) is 0.462. The number of pyridine rings is 1. The number of nitrogens with zero attached hydrogens (tertiary/aromatic N) is 5. The van der Waals surface area contributed by atoms with E-state index in [1.165, 1.54) is 12.1 Å². The van der Waals surface area contributed by atoms with Crippen LogP contribution in [0.25, 0.3) is 0 Å². The Hall–Kier alpha value is -3.48. The summed E-state index contributed by atoms with van der Waals surface area (Å²) in [6, 6.07) is 10.9. The summed E-state index contributed by atoms with van der Waals surface area (Å²) in [4.78, 5) is 20.8. The molecule has 1 aromatic carbocycles. The Bertz CT molecular complexity index is 1200. The van der Waals surface area contributed by atoms with Crippen molar-refractivity contribution >= 4 is 29.5 Å². The van der Waals surface area contributed by atoms with Crippen LogP contribution in [0.2, 0.25) is 0 Å². The highest BCUT2D eigenvalue weighted by molar-refractivity contribution is 7.95. The van der Waals surface area contributed by atoms with Crippen LogP contribution in [0.3, 0.4) is 0 Å². The minimum atomic E-state index is -4.58. The zero-order valence-electron chi connectivity index (χ0n) is 20.6. The van der Waals surface area contributed by atoms with Gasteiger partial charge in [0.15, 0.2) is 0 Å². The minimum Gasteiger partial charge on any atom is -0.382 e. The van der Waals surface area contributed by atoms with E-state index in [4.69, 9.17) is 14.7 Å². The Balaban J connectivity index is 1.15. The molecule has 0 radical (unpaired) electrons. The number of aromatic nitrogens is 1. The van der Waals surface area contributed by atoms with Gasteiger partial charge in [0.05, 0.1) is 34.6 Å². The largest absolute Gasteiger partial charge is 0.417 e. The highest BCUT2D eigenvalue weighted by atomic mass is 32.2. The first kappa shape index (κ1) is 27.6. The van der Waals surface area contributed by atoms with Crippen molar-refractivity contribution in [2.75, 3.05) is 42.1 Å². The molecular weight excluding hydrogens is 517 g/mol. The van der Waals surface area contributed by atoms with Gasteiger partial charge >= 0.3 is 6.18 Å². The highest BCUT2D eigenvalue weighted by Gasteiger charge is 2.34. The molecule has 1 aromatic heterocycles. The second-order valence-corrected chi connectivity index (χ2v) is 9.95. The van der Waals surface area contributed by atoms with Crippen molar-refractivity contribution in [2.24, 2.45) is 0 Å². The third-order valence-electron chi connectivity index (χ3n) is 6.71. The second kappa shape index (κ2) is 12.4. The molecule has 12 heteroatoms. The molecule has 4 rings (SSSR count). The number of nitrogens with one attached hydrogen (secondary N) is 1. The van der Waals surface area contributed by atoms with Crippen LogP contribution in [0.1, 0.15) is 42.4 Å². The molecule has 38 heavy (non-hydrogen) atoms. The number of hydrogen-bond acceptors (Lipinski definition) is 8. The number of piperazine rings is 1. The summed E-state index contributed by atoms with van der Waals surface area (Å²) in [6.45, 7) is 2.50. The first-order valence-corrected chi connectivity index (χ1v) is 13.2. The summed E-state index contributed by atoms with van der Waals surface area (Å²) < 4.78 is 45.5. The summed E-state index contributed by atoms with van der Waals surface area (Å²) >= 11 is 1.15. The maximum Gasteiger partial charge on any atom is 0.417 e. The molecule has 1 aliphatic carbocycles. The van der Waals surface area contributed by atoms with Gasteiger partial charge in [-0.25, -0.2) is 4.98 Å². The minimum absolute atomic E-state index is 0.0115. The van der Waals surface area contributed by atoms with Crippen molar-refractivity contribution in [3.63, 3.8) is 0 Å². The van der Waals surface area contributed by atoms with Gasteiger partial charge in [0.1, 0.15) is 11.9 Å². The number of rotatable bonds is 7. The number of amides is 1. The van der Waals surface area contributed by atoms with Crippen molar-refractivity contribution in [1.29, 1.82) is 10.5 Å². The van der Waals surface area contributed by atoms with Gasteiger partial charge in [-0.05, 0) is 56.0 Å². The second-order valence-electron chi connectivity index (χ2n) is 9.23. The molecule has 8 nitrogen and oxygen atoms in total. The van der Waals surface area contributed by atoms with E-state index in [1.807, 2.05) is 17.0 Å². The molecule has 1 N–H and O–H groups in total. The molecule has 0 bridgehead atoms. The van der Waals surface area contributed by atoms with Crippen LogP contribution in [0, 0.1) is 22.7 Å². The number of halogens is 3. The van der Waals surface area contributed by atoms with Crippen molar-refractivity contribution in [1.82, 2.24) is 9.88 Å². The lowest BCUT2D eigenvalue weighted by atomic mass is 9.93. The molecule has 1 saturated heterocycles. The Morgan fingerprint density at radius 3 is 2.42 bits per heavy atom. The molecule has 2 aliphatic rings. The van der Waals surface area contributed by atoms with Gasteiger partial charge in [-0.15, -0.1) is 0 Å². The molecule has 2 aromatic rings. The quantitative estimate of drug-likeness (QED) is 0.505. The SMILES string of the molecule is N#Cc1ccc(N2CCN(C(=O)CSOC3CCC(Nc4ccc(C#N)c(C(F)(F)F)c4)CC3)CC2)nc1. The van der Waals surface area contributed by atoms with E-state index in [0.29, 0.717) is 37.4 Å². The van der Waals surface area contributed by atoms with Gasteiger partial charge in [-0.2, -0.15) is 23.7 Å². The molecule has 1 saturated carbocycles. The predicted molar refractivity (Wildman–Crippen MR) is 137 cm³/mol. The topological polar surface area (TPSA) is 105 Å². The van der Waals surface area contributed by atoms with E-state index >= 15 is 0 Å². The highest BCUT2D eigenvalue weighted by Crippen LogP contribution is 2.34. The molecule has 1 aliphatic heterocycles. The van der Waals surface area contributed by atoms with Crippen LogP contribution < -0.4 is 10.2 Å². The van der Waals surface area contributed by atoms with Gasteiger partial charge < -0.3 is 19.3 Å². The van der Waals surface area contributed by atoms with Crippen molar-refractivity contribution < 1.29 is 22.1 Å². The summed E-state index contributed by atoms with van der Waals surface area (Å²) in [6.07, 6.45) is -0.135. The van der Waals surface area contributed by atoms with Crippen LogP contribution >= 0.6 is 12.0 Å². The van der Waals surface area contributed by atoms with Crippen molar-refractivity contribution in [3.05, 3.63) is 53.2 Å². The molecule has 1 amide bonds. The molecular formula is C26H27F3N6O2S. The van der Waals surface area contributed by atoms with Gasteiger partial charge in [0.25, 0.3) is 0 Å². The molecule has 0 unspecified atom stereocenters. The van der Waals surface area contributed by atoms with Crippen LogP contribution in [0.15, 0.2) is 36.5 Å². The van der Waals surface area contributed by atoms with E-state index in [-0.39, 0.29) is 23.8 Å².